The second-order valence-corrected chi connectivity index (χ2v) is 7.09. The molecular formula is C21H23N5O8. The number of rotatable bonds is 10. The molecule has 3 N–H and O–H groups in total. The molecule has 0 fully saturated rings. The third-order valence-corrected chi connectivity index (χ3v) is 4.49. The first-order valence-corrected chi connectivity index (χ1v) is 10.1. The number of fused-ring (bicyclic) bond motifs is 1. The van der Waals surface area contributed by atoms with Crippen molar-refractivity contribution in [3.63, 3.8) is 0 Å². The smallest absolute Gasteiger partial charge is 0.338 e. The van der Waals surface area contributed by atoms with Gasteiger partial charge in [-0.1, -0.05) is 18.2 Å². The van der Waals surface area contributed by atoms with Crippen molar-refractivity contribution >= 4 is 35.0 Å². The number of carbonyl (C=O) groups is 3. The molecule has 0 amide bonds. The summed E-state index contributed by atoms with van der Waals surface area (Å²) < 4.78 is 22.8. The van der Waals surface area contributed by atoms with Crippen molar-refractivity contribution in [1.29, 1.82) is 0 Å². The summed E-state index contributed by atoms with van der Waals surface area (Å²) >= 11 is 0. The van der Waals surface area contributed by atoms with Gasteiger partial charge >= 0.3 is 17.9 Å². The Bertz CT molecular complexity index is 1220. The molecule has 1 unspecified atom stereocenters. The van der Waals surface area contributed by atoms with Gasteiger partial charge in [0.15, 0.2) is 17.3 Å². The fourth-order valence-corrected chi connectivity index (χ4v) is 2.95. The molecule has 0 aliphatic carbocycles. The topological polar surface area (TPSA) is 178 Å². The van der Waals surface area contributed by atoms with E-state index in [2.05, 4.69) is 15.0 Å². The standard InChI is InChI=1S/C21H23N5O8/c1-12(27)31-9-16(34-13(2)28)15(8-32-20(30)14-6-4-3-5-7-14)33-11-26-10-23-17-18(26)24-21(22)25-19(17)29/h3-7,10,15-16H,8-9,11H2,1-2H3,(H3,22,24,25,29)/t15-,16?/m1/s1. The number of nitrogens with one attached hydrogen (secondary N) is 1. The number of imidazole rings is 1. The van der Waals surface area contributed by atoms with E-state index >= 15 is 0 Å². The van der Waals surface area contributed by atoms with Crippen LogP contribution in [0.1, 0.15) is 24.2 Å². The van der Waals surface area contributed by atoms with Gasteiger partial charge in [-0.05, 0) is 12.1 Å². The quantitative estimate of drug-likeness (QED) is 0.307. The lowest BCUT2D eigenvalue weighted by Gasteiger charge is -2.26. The Morgan fingerprint density at radius 3 is 2.44 bits per heavy atom. The summed E-state index contributed by atoms with van der Waals surface area (Å²) in [6, 6.07) is 8.26. The number of hydrogen-bond donors (Lipinski definition) is 2. The second kappa shape index (κ2) is 11.0. The van der Waals surface area contributed by atoms with Crippen molar-refractivity contribution in [2.75, 3.05) is 18.9 Å². The average molecular weight is 473 g/mol. The van der Waals surface area contributed by atoms with E-state index in [1.54, 1.807) is 30.3 Å². The van der Waals surface area contributed by atoms with E-state index in [4.69, 9.17) is 24.7 Å². The lowest BCUT2D eigenvalue weighted by atomic mass is 10.2. The van der Waals surface area contributed by atoms with E-state index in [1.807, 2.05) is 0 Å². The van der Waals surface area contributed by atoms with Crippen molar-refractivity contribution in [2.24, 2.45) is 0 Å². The van der Waals surface area contributed by atoms with E-state index in [0.29, 0.717) is 5.56 Å². The summed E-state index contributed by atoms with van der Waals surface area (Å²) in [5, 5.41) is 0. The van der Waals surface area contributed by atoms with Gasteiger partial charge < -0.3 is 24.7 Å². The van der Waals surface area contributed by atoms with Gasteiger partial charge in [-0.3, -0.25) is 23.9 Å². The molecule has 0 bridgehead atoms. The van der Waals surface area contributed by atoms with Gasteiger partial charge in [-0.15, -0.1) is 0 Å². The number of carbonyl (C=O) groups excluding carboxylic acids is 3. The maximum absolute atomic E-state index is 12.4. The monoisotopic (exact) mass is 473 g/mol. The van der Waals surface area contributed by atoms with Gasteiger partial charge in [0.25, 0.3) is 5.56 Å². The third-order valence-electron chi connectivity index (χ3n) is 4.49. The highest BCUT2D eigenvalue weighted by molar-refractivity contribution is 5.89. The van der Waals surface area contributed by atoms with E-state index in [9.17, 15) is 19.2 Å². The number of aromatic nitrogens is 4. The number of anilines is 1. The summed E-state index contributed by atoms with van der Waals surface area (Å²) in [6.45, 7) is 1.48. The van der Waals surface area contributed by atoms with Crippen molar-refractivity contribution in [2.45, 2.75) is 32.8 Å². The Balaban J connectivity index is 1.80. The number of nitrogens with two attached hydrogens (primary N) is 1. The molecule has 34 heavy (non-hydrogen) atoms. The molecule has 0 radical (unpaired) electrons. The highest BCUT2D eigenvalue weighted by Gasteiger charge is 2.29. The lowest BCUT2D eigenvalue weighted by Crippen LogP contribution is -2.41. The van der Waals surface area contributed by atoms with Crippen molar-refractivity contribution in [3.05, 3.63) is 52.6 Å². The van der Waals surface area contributed by atoms with Crippen LogP contribution in [0, 0.1) is 0 Å². The Kier molecular flexibility index (Phi) is 7.92. The van der Waals surface area contributed by atoms with Crippen LogP contribution in [-0.2, 0) is 35.3 Å². The minimum Gasteiger partial charge on any atom is -0.462 e. The van der Waals surface area contributed by atoms with E-state index in [1.165, 1.54) is 24.7 Å². The summed E-state index contributed by atoms with van der Waals surface area (Å²) in [5.74, 6) is -2.00. The van der Waals surface area contributed by atoms with Crippen LogP contribution in [-0.4, -0.2) is 62.8 Å². The van der Waals surface area contributed by atoms with Crippen LogP contribution in [0.5, 0.6) is 0 Å². The molecule has 0 saturated heterocycles. The predicted octanol–water partition coefficient (Wildman–Crippen LogP) is 0.396. The van der Waals surface area contributed by atoms with Gasteiger partial charge in [-0.25, -0.2) is 9.78 Å². The molecule has 0 spiro atoms. The van der Waals surface area contributed by atoms with Crippen LogP contribution in [0.2, 0.25) is 0 Å². The molecule has 13 nitrogen and oxygen atoms in total. The first kappa shape index (κ1) is 24.4. The summed E-state index contributed by atoms with van der Waals surface area (Å²) in [4.78, 5) is 57.7. The van der Waals surface area contributed by atoms with Crippen molar-refractivity contribution < 1.29 is 33.3 Å². The van der Waals surface area contributed by atoms with E-state index in [-0.39, 0.29) is 37.1 Å². The largest absolute Gasteiger partial charge is 0.462 e. The SMILES string of the molecule is CC(=O)OCC(OC(C)=O)[C@@H](COC(=O)c1ccccc1)OCn1cnc2c(=O)[nH]c(N)nc21. The molecule has 2 aromatic heterocycles. The number of H-pyrrole nitrogens is 1. The minimum atomic E-state index is -1.10. The molecule has 180 valence electrons. The Morgan fingerprint density at radius 1 is 1.06 bits per heavy atom. The molecule has 3 aromatic rings. The van der Waals surface area contributed by atoms with Crippen LogP contribution in [0.25, 0.3) is 11.2 Å². The maximum atomic E-state index is 12.4. The van der Waals surface area contributed by atoms with Crippen molar-refractivity contribution in [1.82, 2.24) is 19.5 Å². The molecular weight excluding hydrogens is 450 g/mol. The first-order chi connectivity index (χ1) is 16.2. The second-order valence-electron chi connectivity index (χ2n) is 7.09. The fourth-order valence-electron chi connectivity index (χ4n) is 2.95. The van der Waals surface area contributed by atoms with Crippen LogP contribution in [0.4, 0.5) is 5.95 Å². The van der Waals surface area contributed by atoms with E-state index < -0.39 is 35.7 Å². The number of nitrogen functional groups attached to an aromatic ring is 1. The Morgan fingerprint density at radius 2 is 1.76 bits per heavy atom. The number of esters is 3. The maximum Gasteiger partial charge on any atom is 0.338 e. The zero-order valence-corrected chi connectivity index (χ0v) is 18.4. The third kappa shape index (κ3) is 6.38. The normalized spacial score (nSPS) is 12.6. The molecule has 0 aliphatic heterocycles. The Hall–Kier alpha value is -4.26. The highest BCUT2D eigenvalue weighted by atomic mass is 16.6. The highest BCUT2D eigenvalue weighted by Crippen LogP contribution is 2.13. The van der Waals surface area contributed by atoms with E-state index in [0.717, 1.165) is 0 Å². The van der Waals surface area contributed by atoms with Gasteiger partial charge in [0, 0.05) is 13.8 Å². The molecule has 13 heteroatoms. The molecule has 1 aromatic carbocycles. The molecule has 0 saturated carbocycles. The van der Waals surface area contributed by atoms with Gasteiger partial charge in [0.2, 0.25) is 5.95 Å². The van der Waals surface area contributed by atoms with Gasteiger partial charge in [-0.2, -0.15) is 4.98 Å². The summed E-state index contributed by atoms with van der Waals surface area (Å²) in [6.07, 6.45) is -0.833. The number of ether oxygens (including phenoxy) is 4. The van der Waals surface area contributed by atoms with Crippen LogP contribution in [0.15, 0.2) is 41.5 Å². The number of hydrogen-bond acceptors (Lipinski definition) is 11. The number of aromatic amines is 1. The average Bonchev–Trinajstić information content (AvgIpc) is 3.20. The van der Waals surface area contributed by atoms with Crippen LogP contribution < -0.4 is 11.3 Å². The number of nitrogens with zero attached hydrogens (tertiary/aromatic N) is 3. The summed E-state index contributed by atoms with van der Waals surface area (Å²) in [7, 11) is 0. The molecule has 2 atom stereocenters. The molecule has 3 rings (SSSR count). The van der Waals surface area contributed by atoms with Crippen LogP contribution in [0.3, 0.4) is 0 Å². The Labute approximate surface area is 192 Å². The predicted molar refractivity (Wildman–Crippen MR) is 116 cm³/mol. The fraction of sp³-hybridized carbons (Fsp3) is 0.333. The molecule has 2 heterocycles. The number of benzene rings is 1. The zero-order chi connectivity index (χ0) is 24.7. The van der Waals surface area contributed by atoms with Gasteiger partial charge in [0.1, 0.15) is 26.0 Å². The molecule has 0 aliphatic rings. The van der Waals surface area contributed by atoms with Crippen molar-refractivity contribution in [3.8, 4) is 0 Å². The van der Waals surface area contributed by atoms with Gasteiger partial charge in [0.05, 0.1) is 11.9 Å². The zero-order valence-electron chi connectivity index (χ0n) is 18.4. The summed E-state index contributed by atoms with van der Waals surface area (Å²) in [5.41, 5.74) is 5.59. The first-order valence-electron chi connectivity index (χ1n) is 10.1. The minimum absolute atomic E-state index is 0.0429. The lowest BCUT2D eigenvalue weighted by molar-refractivity contribution is -0.172. The van der Waals surface area contributed by atoms with Crippen LogP contribution >= 0.6 is 0 Å².